The molecule has 0 heterocycles. The van der Waals surface area contributed by atoms with E-state index in [0.29, 0.717) is 25.7 Å². The molecular formula is C34H46I2O5-2. The number of aromatic hydroxyl groups is 1. The first kappa shape index (κ1) is 34.3. The fourth-order valence-corrected chi connectivity index (χ4v) is 7.97. The van der Waals surface area contributed by atoms with E-state index in [1.807, 2.05) is 12.1 Å². The van der Waals surface area contributed by atoms with Gasteiger partial charge in [0.1, 0.15) is 0 Å². The predicted molar refractivity (Wildman–Crippen MR) is 157 cm³/mol. The van der Waals surface area contributed by atoms with Gasteiger partial charge in [-0.15, -0.1) is 0 Å². The summed E-state index contributed by atoms with van der Waals surface area (Å²) in [5.41, 5.74) is 6.51. The minimum atomic E-state index is -0.845. The molecule has 0 saturated heterocycles. The first-order valence-electron chi connectivity index (χ1n) is 14.6. The standard InChI is InChI=1S/C34H46I2O5/c1-5-26-8-12-29(13-9-26)28(7-3)23-39-35-21-20-32(30-16-18-34(37)19-17-30)24-40-36-41-25-33(22-38-4)31-14-10-27(6-2)11-15-31/h8-19,28,32-33,37H,5-7,20-25H2,1-4H3/q-2. The van der Waals surface area contributed by atoms with Crippen LogP contribution in [0, 0.1) is 0 Å². The number of hydrogen-bond donors (Lipinski definition) is 1. The molecule has 7 heteroatoms. The molecule has 0 radical (unpaired) electrons. The van der Waals surface area contributed by atoms with Crippen LogP contribution in [0.5, 0.6) is 5.75 Å². The van der Waals surface area contributed by atoms with Crippen LogP contribution in [-0.2, 0) is 26.8 Å². The molecule has 3 unspecified atom stereocenters. The van der Waals surface area contributed by atoms with Crippen molar-refractivity contribution in [3.63, 3.8) is 0 Å². The van der Waals surface area contributed by atoms with Gasteiger partial charge in [0.2, 0.25) is 0 Å². The SMILES string of the molecule is CCc1ccc(C(CC)CO[I-]CCC(CO[I-]OCC(COC)c2ccc(CC)cc2)c2ccc(O)cc2)cc1. The number of halogens is 2. The number of methoxy groups -OCH3 is 1. The Kier molecular flexibility index (Phi) is 16.6. The maximum atomic E-state index is 9.78. The molecule has 3 atom stereocenters. The summed E-state index contributed by atoms with van der Waals surface area (Å²) in [7, 11) is 1.74. The number of rotatable bonds is 20. The quantitative estimate of drug-likeness (QED) is 0.107. The van der Waals surface area contributed by atoms with Crippen molar-refractivity contribution in [1.82, 2.24) is 0 Å². The van der Waals surface area contributed by atoms with Crippen molar-refractivity contribution in [2.45, 2.75) is 64.2 Å². The third-order valence-corrected chi connectivity index (χ3v) is 10.5. The van der Waals surface area contributed by atoms with Crippen LogP contribution < -0.4 is 43.7 Å². The summed E-state index contributed by atoms with van der Waals surface area (Å²) in [5, 5.41) is 9.78. The molecule has 0 aliphatic rings. The van der Waals surface area contributed by atoms with Gasteiger partial charge in [-0.2, -0.15) is 0 Å². The zero-order valence-corrected chi connectivity index (χ0v) is 29.2. The van der Waals surface area contributed by atoms with Gasteiger partial charge in [0.15, 0.2) is 0 Å². The van der Waals surface area contributed by atoms with E-state index >= 15 is 0 Å². The van der Waals surface area contributed by atoms with Crippen LogP contribution in [0.1, 0.15) is 79.2 Å². The minimum absolute atomic E-state index is 0.195. The monoisotopic (exact) mass is 788 g/mol. The third-order valence-electron chi connectivity index (χ3n) is 7.44. The van der Waals surface area contributed by atoms with Crippen molar-refractivity contribution in [2.75, 3.05) is 38.0 Å². The maximum absolute atomic E-state index is 9.78. The van der Waals surface area contributed by atoms with E-state index in [2.05, 4.69) is 69.3 Å². The van der Waals surface area contributed by atoms with E-state index in [0.717, 1.165) is 36.7 Å². The fraction of sp³-hybridized carbons (Fsp3) is 0.471. The van der Waals surface area contributed by atoms with Gasteiger partial charge in [-0.3, -0.25) is 0 Å². The number of aryl methyl sites for hydroxylation is 2. The van der Waals surface area contributed by atoms with E-state index in [1.54, 1.807) is 19.2 Å². The van der Waals surface area contributed by atoms with Gasteiger partial charge in [-0.1, -0.05) is 0 Å². The van der Waals surface area contributed by atoms with E-state index in [-0.39, 0.29) is 39.2 Å². The molecule has 3 rings (SSSR count). The van der Waals surface area contributed by atoms with Gasteiger partial charge in [0, 0.05) is 0 Å². The van der Waals surface area contributed by atoms with Gasteiger partial charge in [0.25, 0.3) is 0 Å². The van der Waals surface area contributed by atoms with Gasteiger partial charge in [-0.25, -0.2) is 0 Å². The Morgan fingerprint density at radius 1 is 0.610 bits per heavy atom. The molecular weight excluding hydrogens is 742 g/mol. The van der Waals surface area contributed by atoms with E-state index < -0.39 is 22.0 Å². The number of ether oxygens (including phenoxy) is 1. The average Bonchev–Trinajstić information content (AvgIpc) is 3.01. The van der Waals surface area contributed by atoms with Crippen LogP contribution in [0.3, 0.4) is 0 Å². The van der Waals surface area contributed by atoms with Crippen molar-refractivity contribution in [1.29, 1.82) is 0 Å². The second-order valence-electron chi connectivity index (χ2n) is 10.2. The summed E-state index contributed by atoms with van der Waals surface area (Å²) in [5.74, 6) is 1.18. The zero-order chi connectivity index (χ0) is 29.3. The molecule has 0 spiro atoms. The molecule has 3 aromatic rings. The fourth-order valence-electron chi connectivity index (χ4n) is 4.62. The molecule has 5 nitrogen and oxygen atoms in total. The van der Waals surface area contributed by atoms with Crippen molar-refractivity contribution in [2.24, 2.45) is 0 Å². The van der Waals surface area contributed by atoms with Gasteiger partial charge in [-0.05, 0) is 0 Å². The molecule has 0 aromatic heterocycles. The van der Waals surface area contributed by atoms with Crippen molar-refractivity contribution < 1.29 is 62.7 Å². The normalized spacial score (nSPS) is 13.9. The summed E-state index contributed by atoms with van der Waals surface area (Å²) in [6, 6.07) is 25.3. The van der Waals surface area contributed by atoms with E-state index in [9.17, 15) is 5.11 Å². The summed E-state index contributed by atoms with van der Waals surface area (Å²) in [6.07, 6.45) is 4.19. The van der Waals surface area contributed by atoms with Crippen molar-refractivity contribution >= 4 is 0 Å². The van der Waals surface area contributed by atoms with Crippen LogP contribution in [-0.4, -0.2) is 43.1 Å². The first-order chi connectivity index (χ1) is 20.1. The summed E-state index contributed by atoms with van der Waals surface area (Å²) in [4.78, 5) is 0. The molecule has 3 aromatic carbocycles. The summed E-state index contributed by atoms with van der Waals surface area (Å²) < 4.78 is 24.9. The van der Waals surface area contributed by atoms with E-state index in [4.69, 9.17) is 13.9 Å². The second kappa shape index (κ2) is 19.9. The van der Waals surface area contributed by atoms with Gasteiger partial charge < -0.3 is 0 Å². The number of phenols is 1. The summed E-state index contributed by atoms with van der Waals surface area (Å²) in [6.45, 7) is 9.22. The molecule has 0 saturated carbocycles. The van der Waals surface area contributed by atoms with Gasteiger partial charge >= 0.3 is 271 Å². The number of alkyl halides is 1. The molecule has 41 heavy (non-hydrogen) atoms. The Labute approximate surface area is 269 Å². The molecule has 0 bridgehead atoms. The average molecular weight is 789 g/mol. The van der Waals surface area contributed by atoms with Crippen LogP contribution in [0.2, 0.25) is 0 Å². The van der Waals surface area contributed by atoms with Crippen LogP contribution >= 0.6 is 0 Å². The first-order valence-corrected chi connectivity index (χ1v) is 18.8. The molecule has 0 amide bonds. The zero-order valence-electron chi connectivity index (χ0n) is 24.9. The van der Waals surface area contributed by atoms with Crippen LogP contribution in [0.15, 0.2) is 72.8 Å². The number of benzene rings is 3. The molecule has 0 fully saturated rings. The van der Waals surface area contributed by atoms with E-state index in [1.165, 1.54) is 27.8 Å². The Morgan fingerprint density at radius 3 is 1.63 bits per heavy atom. The molecule has 228 valence electrons. The van der Waals surface area contributed by atoms with Gasteiger partial charge in [0.05, 0.1) is 0 Å². The Bertz CT molecular complexity index is 1090. The Balaban J connectivity index is 1.44. The Hall–Kier alpha value is -1.24. The number of phenolic OH excluding ortho intramolecular Hbond substituents is 1. The number of hydrogen-bond acceptors (Lipinski definition) is 5. The third kappa shape index (κ3) is 12.1. The molecule has 0 aliphatic heterocycles. The summed E-state index contributed by atoms with van der Waals surface area (Å²) >= 11 is -1.20. The van der Waals surface area contributed by atoms with Crippen LogP contribution in [0.25, 0.3) is 0 Å². The van der Waals surface area contributed by atoms with Crippen molar-refractivity contribution in [3.8, 4) is 5.75 Å². The molecule has 0 aliphatic carbocycles. The topological polar surface area (TPSA) is 57.2 Å². The Morgan fingerprint density at radius 2 is 1.10 bits per heavy atom. The molecule has 1 N–H and O–H groups in total. The van der Waals surface area contributed by atoms with Crippen molar-refractivity contribution in [3.05, 3.63) is 101 Å². The van der Waals surface area contributed by atoms with Crippen LogP contribution in [0.4, 0.5) is 0 Å². The predicted octanol–water partition coefficient (Wildman–Crippen LogP) is 1.59. The second-order valence-corrected chi connectivity index (χ2v) is 14.1.